The maximum absolute atomic E-state index is 12.2. The third-order valence-electron chi connectivity index (χ3n) is 3.75. The van der Waals surface area contributed by atoms with Crippen molar-refractivity contribution in [3.63, 3.8) is 0 Å². The van der Waals surface area contributed by atoms with Crippen LogP contribution in [-0.2, 0) is 23.2 Å². The summed E-state index contributed by atoms with van der Waals surface area (Å²) in [6.45, 7) is 0.436. The topological polar surface area (TPSA) is 75.4 Å². The zero-order chi connectivity index (χ0) is 15.0. The molecule has 7 heteroatoms. The highest BCUT2D eigenvalue weighted by Crippen LogP contribution is 2.39. The van der Waals surface area contributed by atoms with Crippen LogP contribution in [0, 0.1) is 5.92 Å². The minimum Gasteiger partial charge on any atom is -0.481 e. The second-order valence-electron chi connectivity index (χ2n) is 5.19. The van der Waals surface area contributed by atoms with E-state index >= 15 is 0 Å². The molecule has 3 heterocycles. The van der Waals surface area contributed by atoms with Crippen LogP contribution in [-0.4, -0.2) is 31.7 Å². The van der Waals surface area contributed by atoms with Crippen LogP contribution in [0.2, 0.25) is 0 Å². The van der Waals surface area contributed by atoms with Gasteiger partial charge in [0.15, 0.2) is 0 Å². The van der Waals surface area contributed by atoms with Crippen molar-refractivity contribution in [1.29, 1.82) is 0 Å². The van der Waals surface area contributed by atoms with Crippen molar-refractivity contribution < 1.29 is 14.7 Å². The lowest BCUT2D eigenvalue weighted by atomic mass is 9.96. The van der Waals surface area contributed by atoms with Crippen molar-refractivity contribution in [2.75, 3.05) is 0 Å². The number of carbonyl (C=O) groups excluding carboxylic acids is 1. The van der Waals surface area contributed by atoms with Crippen LogP contribution in [0.15, 0.2) is 29.2 Å². The molecule has 0 radical (unpaired) electrons. The summed E-state index contributed by atoms with van der Waals surface area (Å²) < 4.78 is 1.62. The fourth-order valence-electron chi connectivity index (χ4n) is 2.78. The smallest absolute Gasteiger partial charge is 0.309 e. The predicted octanol–water partition coefficient (Wildman–Crippen LogP) is 1.66. The quantitative estimate of drug-likeness (QED) is 0.932. The van der Waals surface area contributed by atoms with E-state index < -0.39 is 17.9 Å². The van der Waals surface area contributed by atoms with E-state index in [9.17, 15) is 14.7 Å². The molecule has 0 unspecified atom stereocenters. The van der Waals surface area contributed by atoms with Crippen LogP contribution in [0.3, 0.4) is 0 Å². The molecule has 6 nitrogen and oxygen atoms in total. The maximum Gasteiger partial charge on any atom is 0.309 e. The number of carboxylic acid groups (broad SMARTS) is 1. The average Bonchev–Trinajstić information content (AvgIpc) is 3.13. The first kappa shape index (κ1) is 13.8. The number of aliphatic carboxylic acids is 1. The first-order valence-corrected chi connectivity index (χ1v) is 7.52. The Kier molecular flexibility index (Phi) is 3.50. The van der Waals surface area contributed by atoms with E-state index in [1.807, 2.05) is 16.8 Å². The van der Waals surface area contributed by atoms with Gasteiger partial charge < -0.3 is 10.0 Å². The Bertz CT molecular complexity index is 665. The van der Waals surface area contributed by atoms with Crippen molar-refractivity contribution in [2.45, 2.75) is 19.0 Å². The van der Waals surface area contributed by atoms with E-state index in [0.717, 1.165) is 11.1 Å². The molecule has 0 bridgehead atoms. The molecule has 3 rings (SSSR count). The molecule has 21 heavy (non-hydrogen) atoms. The summed E-state index contributed by atoms with van der Waals surface area (Å²) in [7, 11) is 1.78. The molecular formula is C14H15N3O3S. The molecule has 1 aliphatic rings. The lowest BCUT2D eigenvalue weighted by Gasteiger charge is -2.25. The molecule has 1 saturated heterocycles. The number of aromatic nitrogens is 2. The summed E-state index contributed by atoms with van der Waals surface area (Å²) in [6.07, 6.45) is 3.46. The molecule has 1 N–H and O–H groups in total. The number of aryl methyl sites for hydroxylation is 1. The van der Waals surface area contributed by atoms with Gasteiger partial charge in [0.1, 0.15) is 0 Å². The summed E-state index contributed by atoms with van der Waals surface area (Å²) in [6, 6.07) is 1.50. The highest BCUT2D eigenvalue weighted by atomic mass is 32.1. The van der Waals surface area contributed by atoms with E-state index in [1.54, 1.807) is 40.4 Å². The zero-order valence-electron chi connectivity index (χ0n) is 11.5. The van der Waals surface area contributed by atoms with Gasteiger partial charge in [-0.3, -0.25) is 14.3 Å². The SMILES string of the molecule is Cn1cc([C@@H]2[C@H](C(=O)O)CC(=O)N2Cc2ccsc2)cn1. The summed E-state index contributed by atoms with van der Waals surface area (Å²) in [5, 5.41) is 17.4. The standard InChI is InChI=1S/C14H15N3O3S/c1-16-7-10(5-15-16)13-11(14(19)20)4-12(18)17(13)6-9-2-3-21-8-9/h2-3,5,7-8,11,13H,4,6H2,1H3,(H,19,20)/t11-,13-/m1/s1. The number of likely N-dealkylation sites (tertiary alicyclic amines) is 1. The van der Waals surface area contributed by atoms with Gasteiger partial charge in [-0.25, -0.2) is 0 Å². The highest BCUT2D eigenvalue weighted by Gasteiger charge is 2.45. The van der Waals surface area contributed by atoms with Crippen molar-refractivity contribution >= 4 is 23.2 Å². The van der Waals surface area contributed by atoms with E-state index in [-0.39, 0.29) is 12.3 Å². The van der Waals surface area contributed by atoms with Gasteiger partial charge in [0.2, 0.25) is 5.91 Å². The normalized spacial score (nSPS) is 22.0. The molecule has 2 atom stereocenters. The van der Waals surface area contributed by atoms with Crippen LogP contribution in [0.4, 0.5) is 0 Å². The third-order valence-corrected chi connectivity index (χ3v) is 4.48. The van der Waals surface area contributed by atoms with Crippen molar-refractivity contribution in [3.8, 4) is 0 Å². The lowest BCUT2D eigenvalue weighted by Crippen LogP contribution is -2.29. The molecule has 2 aromatic heterocycles. The van der Waals surface area contributed by atoms with Gasteiger partial charge in [-0.2, -0.15) is 16.4 Å². The fraction of sp³-hybridized carbons (Fsp3) is 0.357. The van der Waals surface area contributed by atoms with Crippen molar-refractivity contribution in [2.24, 2.45) is 13.0 Å². The molecule has 110 valence electrons. The summed E-state index contributed by atoms with van der Waals surface area (Å²) in [5.41, 5.74) is 1.79. The fourth-order valence-corrected chi connectivity index (χ4v) is 3.44. The van der Waals surface area contributed by atoms with Gasteiger partial charge in [0, 0.05) is 31.8 Å². The van der Waals surface area contributed by atoms with Crippen molar-refractivity contribution in [1.82, 2.24) is 14.7 Å². The largest absolute Gasteiger partial charge is 0.481 e. The predicted molar refractivity (Wildman–Crippen MR) is 76.6 cm³/mol. The van der Waals surface area contributed by atoms with E-state index in [1.165, 1.54) is 0 Å². The third kappa shape index (κ3) is 2.56. The molecule has 2 aromatic rings. The number of carboxylic acids is 1. The minimum absolute atomic E-state index is 0.0407. The van der Waals surface area contributed by atoms with E-state index in [4.69, 9.17) is 0 Å². The lowest BCUT2D eigenvalue weighted by molar-refractivity contribution is -0.142. The van der Waals surface area contributed by atoms with Crippen LogP contribution in [0.25, 0.3) is 0 Å². The first-order valence-electron chi connectivity index (χ1n) is 6.58. The Hall–Kier alpha value is -2.15. The molecule has 0 aliphatic carbocycles. The summed E-state index contributed by atoms with van der Waals surface area (Å²) in [5.74, 6) is -1.78. The maximum atomic E-state index is 12.2. The van der Waals surface area contributed by atoms with Crippen LogP contribution in [0.1, 0.15) is 23.6 Å². The number of thiophene rings is 1. The number of nitrogens with zero attached hydrogens (tertiary/aromatic N) is 3. The molecular weight excluding hydrogens is 290 g/mol. The van der Waals surface area contributed by atoms with E-state index in [2.05, 4.69) is 5.10 Å². The number of hydrogen-bond acceptors (Lipinski definition) is 4. The Labute approximate surface area is 125 Å². The Morgan fingerprint density at radius 3 is 2.95 bits per heavy atom. The highest BCUT2D eigenvalue weighted by molar-refractivity contribution is 7.07. The second kappa shape index (κ2) is 5.33. The Morgan fingerprint density at radius 1 is 1.57 bits per heavy atom. The van der Waals surface area contributed by atoms with Gasteiger partial charge in [-0.05, 0) is 22.4 Å². The molecule has 0 aromatic carbocycles. The van der Waals surface area contributed by atoms with Crippen LogP contribution in [0.5, 0.6) is 0 Å². The molecule has 0 spiro atoms. The van der Waals surface area contributed by atoms with Gasteiger partial charge in [-0.1, -0.05) is 0 Å². The van der Waals surface area contributed by atoms with Crippen LogP contribution < -0.4 is 0 Å². The monoisotopic (exact) mass is 305 g/mol. The number of carbonyl (C=O) groups is 2. The Balaban J connectivity index is 1.95. The second-order valence-corrected chi connectivity index (χ2v) is 5.97. The molecule has 1 aliphatic heterocycles. The minimum atomic E-state index is -0.940. The Morgan fingerprint density at radius 2 is 2.38 bits per heavy atom. The molecule has 0 saturated carbocycles. The average molecular weight is 305 g/mol. The number of hydrogen-bond donors (Lipinski definition) is 1. The van der Waals surface area contributed by atoms with Gasteiger partial charge >= 0.3 is 5.97 Å². The summed E-state index contributed by atoms with van der Waals surface area (Å²) in [4.78, 5) is 25.4. The zero-order valence-corrected chi connectivity index (χ0v) is 12.3. The van der Waals surface area contributed by atoms with Gasteiger partial charge in [0.25, 0.3) is 0 Å². The number of rotatable bonds is 4. The van der Waals surface area contributed by atoms with Crippen LogP contribution >= 0.6 is 11.3 Å². The van der Waals surface area contributed by atoms with Gasteiger partial charge in [0.05, 0.1) is 18.2 Å². The van der Waals surface area contributed by atoms with Gasteiger partial charge in [-0.15, -0.1) is 0 Å². The van der Waals surface area contributed by atoms with E-state index in [0.29, 0.717) is 6.54 Å². The summed E-state index contributed by atoms with van der Waals surface area (Å²) >= 11 is 1.56. The molecule has 1 fully saturated rings. The van der Waals surface area contributed by atoms with Crippen molar-refractivity contribution in [3.05, 3.63) is 40.3 Å². The first-order chi connectivity index (χ1) is 10.1. The molecule has 1 amide bonds. The number of amides is 1.